The third kappa shape index (κ3) is 6.11. The zero-order chi connectivity index (χ0) is 18.7. The number of hydrogen-bond donors (Lipinski definition) is 1. The molecule has 3 nitrogen and oxygen atoms in total. The summed E-state index contributed by atoms with van der Waals surface area (Å²) in [4.78, 5) is -0.736. The van der Waals surface area contributed by atoms with Gasteiger partial charge in [0.15, 0.2) is 0 Å². The summed E-state index contributed by atoms with van der Waals surface area (Å²) in [5.74, 6) is 0. The minimum atomic E-state index is -4.11. The van der Waals surface area contributed by atoms with Crippen LogP contribution in [0.2, 0.25) is 0 Å². The van der Waals surface area contributed by atoms with Gasteiger partial charge < -0.3 is 0 Å². The number of rotatable bonds is 15. The Bertz CT molecular complexity index is 416. The van der Waals surface area contributed by atoms with E-state index in [1.807, 2.05) is 0 Å². The molecule has 0 aliphatic heterocycles. The number of hydrogen-bond acceptors (Lipinski definition) is 2. The summed E-state index contributed by atoms with van der Waals surface area (Å²) in [7, 11) is -4.11. The fourth-order valence-corrected chi connectivity index (χ4v) is 16.5. The third-order valence-corrected chi connectivity index (χ3v) is 16.8. The predicted octanol–water partition coefficient (Wildman–Crippen LogP) is 6.14. The van der Waals surface area contributed by atoms with Crippen molar-refractivity contribution in [3.05, 3.63) is 12.7 Å². The van der Waals surface area contributed by atoms with Gasteiger partial charge in [0.1, 0.15) is 0 Å². The zero-order valence-corrected chi connectivity index (χ0v) is 18.2. The van der Waals surface area contributed by atoms with Gasteiger partial charge in [-0.15, -0.1) is 0 Å². The Kier molecular flexibility index (Phi) is 11.0. The van der Waals surface area contributed by atoms with Gasteiger partial charge in [0.2, 0.25) is 0 Å². The fraction of sp³-hybridized carbons (Fsp3) is 0.895. The summed E-state index contributed by atoms with van der Waals surface area (Å²) in [6.45, 7) is 9.88. The minimum absolute atomic E-state index is 0.736. The van der Waals surface area contributed by atoms with Gasteiger partial charge in [-0.1, -0.05) is 0 Å². The van der Waals surface area contributed by atoms with Crippen molar-refractivity contribution in [3.8, 4) is 0 Å². The fourth-order valence-electron chi connectivity index (χ4n) is 4.32. The second-order valence-corrected chi connectivity index (χ2v) is 15.9. The molecule has 5 heteroatoms. The molecule has 1 N–H and O–H groups in total. The van der Waals surface area contributed by atoms with E-state index in [-0.39, 0.29) is 0 Å². The summed E-state index contributed by atoms with van der Waals surface area (Å²) in [6.07, 6.45) is 14.0. The molecule has 0 aromatic rings. The summed E-state index contributed by atoms with van der Waals surface area (Å²) < 4.78 is 34.9. The van der Waals surface area contributed by atoms with Crippen molar-refractivity contribution in [3.63, 3.8) is 0 Å². The van der Waals surface area contributed by atoms with Crippen molar-refractivity contribution < 1.29 is 13.0 Å². The summed E-state index contributed by atoms with van der Waals surface area (Å²) in [5.41, 5.74) is 0. The van der Waals surface area contributed by atoms with Gasteiger partial charge in [0, 0.05) is 0 Å². The molecule has 0 aliphatic carbocycles. The van der Waals surface area contributed by atoms with Crippen LogP contribution in [0.5, 0.6) is 0 Å². The van der Waals surface area contributed by atoms with E-state index in [2.05, 4.69) is 34.3 Å². The Morgan fingerprint density at radius 1 is 0.833 bits per heavy atom. The molecular formula is C19H41O3PS. The van der Waals surface area contributed by atoms with E-state index in [9.17, 15) is 13.0 Å². The molecule has 0 bridgehead atoms. The van der Waals surface area contributed by atoms with Crippen LogP contribution in [0.15, 0.2) is 12.7 Å². The quantitative estimate of drug-likeness (QED) is 0.211. The number of unbranched alkanes of at least 4 members (excludes halogenated alkanes) is 4. The van der Waals surface area contributed by atoms with Gasteiger partial charge in [-0.05, 0) is 0 Å². The average molecular weight is 381 g/mol. The molecule has 1 atom stereocenters. The van der Waals surface area contributed by atoms with Gasteiger partial charge in [-0.25, -0.2) is 0 Å². The van der Waals surface area contributed by atoms with Crippen molar-refractivity contribution in [1.29, 1.82) is 0 Å². The van der Waals surface area contributed by atoms with Crippen molar-refractivity contribution in [2.24, 2.45) is 0 Å². The van der Waals surface area contributed by atoms with Crippen LogP contribution in [0.3, 0.4) is 0 Å². The normalized spacial score (nSPS) is 15.6. The molecule has 0 aromatic heterocycles. The molecule has 0 saturated carbocycles. The molecule has 0 aromatic carbocycles. The monoisotopic (exact) mass is 380 g/mol. The molecule has 0 fully saturated rings. The first-order valence-electron chi connectivity index (χ1n) is 9.84. The second kappa shape index (κ2) is 10.9. The first kappa shape index (κ1) is 24.1. The van der Waals surface area contributed by atoms with Crippen LogP contribution in [0.4, 0.5) is 0 Å². The van der Waals surface area contributed by atoms with Crippen molar-refractivity contribution in [2.75, 3.05) is 24.6 Å². The van der Waals surface area contributed by atoms with E-state index < -0.39 is 21.7 Å². The summed E-state index contributed by atoms with van der Waals surface area (Å²) >= 11 is 0. The zero-order valence-electron chi connectivity index (χ0n) is 16.5. The van der Waals surface area contributed by atoms with Crippen LogP contribution in [-0.2, 0) is 10.1 Å². The third-order valence-electron chi connectivity index (χ3n) is 5.69. The Morgan fingerprint density at radius 2 is 1.12 bits per heavy atom. The van der Waals surface area contributed by atoms with Crippen LogP contribution in [0, 0.1) is 0 Å². The molecule has 24 heavy (non-hydrogen) atoms. The molecule has 0 heterocycles. The Labute approximate surface area is 151 Å². The Morgan fingerprint density at radius 3 is 1.29 bits per heavy atom. The molecule has 146 valence electrons. The molecule has 0 aliphatic rings. The van der Waals surface area contributed by atoms with E-state index in [4.69, 9.17) is 0 Å². The van der Waals surface area contributed by atoms with Crippen LogP contribution >= 0.6 is 6.60 Å². The maximum absolute atomic E-state index is 12.4. The van der Waals surface area contributed by atoms with Gasteiger partial charge in [-0.2, -0.15) is 0 Å². The van der Waals surface area contributed by atoms with Crippen molar-refractivity contribution in [2.45, 2.75) is 84.1 Å². The molecule has 1 unspecified atom stereocenters. The van der Waals surface area contributed by atoms with Gasteiger partial charge in [0.25, 0.3) is 0 Å². The van der Waals surface area contributed by atoms with Gasteiger partial charge >= 0.3 is 151 Å². The molecule has 0 spiro atoms. The van der Waals surface area contributed by atoms with Crippen molar-refractivity contribution in [1.82, 2.24) is 0 Å². The Hall–Kier alpha value is 0.0800. The van der Waals surface area contributed by atoms with Crippen molar-refractivity contribution >= 4 is 16.7 Å². The van der Waals surface area contributed by atoms with E-state index in [0.29, 0.717) is 0 Å². The van der Waals surface area contributed by atoms with Gasteiger partial charge in [-0.3, -0.25) is 0 Å². The van der Waals surface area contributed by atoms with E-state index in [1.165, 1.54) is 0 Å². The van der Waals surface area contributed by atoms with Crippen LogP contribution < -0.4 is 0 Å². The van der Waals surface area contributed by atoms with E-state index in [1.54, 1.807) is 6.08 Å². The molecule has 0 saturated heterocycles. The SMILES string of the molecule is C=CC(S(=O)(=O)O)P(CCCC)(CCCC)(CCCC)CCCC. The summed E-state index contributed by atoms with van der Waals surface area (Å²) in [6, 6.07) is 0. The molecule has 0 amide bonds. The second-order valence-electron chi connectivity index (χ2n) is 7.52. The van der Waals surface area contributed by atoms with E-state index >= 15 is 0 Å². The maximum atomic E-state index is 12.4. The van der Waals surface area contributed by atoms with E-state index in [0.717, 1.165) is 76.0 Å². The molecular weight excluding hydrogens is 339 g/mol. The first-order chi connectivity index (χ1) is 11.3. The molecule has 0 rings (SSSR count). The van der Waals surface area contributed by atoms with Crippen LogP contribution in [0.1, 0.15) is 79.1 Å². The average Bonchev–Trinajstić information content (AvgIpc) is 2.54. The standard InChI is InChI=1S/C19H41O3PS/c1-6-11-15-23(16-12-7-2,17-13-8-3,18-14-9-4)19(10-5)24(20,21)22/h10,19H,5-9,11-18H2,1-4H3,(H,20,21,22). The van der Waals surface area contributed by atoms with Gasteiger partial charge in [0.05, 0.1) is 0 Å². The predicted molar refractivity (Wildman–Crippen MR) is 112 cm³/mol. The van der Waals surface area contributed by atoms with Crippen LogP contribution in [0.25, 0.3) is 0 Å². The first-order valence-corrected chi connectivity index (χ1v) is 14.4. The topological polar surface area (TPSA) is 54.4 Å². The summed E-state index contributed by atoms with van der Waals surface area (Å²) in [5, 5.41) is 0. The Balaban J connectivity index is 6.34. The van der Waals surface area contributed by atoms with Crippen LogP contribution in [-0.4, -0.2) is 42.6 Å². The molecule has 0 radical (unpaired) electrons.